The predicted octanol–water partition coefficient (Wildman–Crippen LogP) is 3.26. The van der Waals surface area contributed by atoms with Crippen molar-refractivity contribution < 1.29 is 14.3 Å². The molecule has 0 unspecified atom stereocenters. The molecule has 0 spiro atoms. The number of amides is 1. The van der Waals surface area contributed by atoms with Gasteiger partial charge in [0, 0.05) is 18.0 Å². The summed E-state index contributed by atoms with van der Waals surface area (Å²) in [6, 6.07) is 11.6. The Morgan fingerprint density at radius 1 is 1.28 bits per heavy atom. The predicted molar refractivity (Wildman–Crippen MR) is 95.1 cm³/mol. The molecular formula is C20H24N2O3. The van der Waals surface area contributed by atoms with E-state index in [1.807, 2.05) is 43.3 Å². The first-order valence-electron chi connectivity index (χ1n) is 8.69. The first-order chi connectivity index (χ1) is 12.2. The van der Waals surface area contributed by atoms with E-state index < -0.39 is 0 Å². The lowest BCUT2D eigenvalue weighted by molar-refractivity contribution is -0.126. The lowest BCUT2D eigenvalue weighted by Crippen LogP contribution is -2.30. The lowest BCUT2D eigenvalue weighted by Gasteiger charge is -2.15. The molecule has 1 amide bonds. The van der Waals surface area contributed by atoms with Crippen molar-refractivity contribution in [1.82, 2.24) is 10.3 Å². The summed E-state index contributed by atoms with van der Waals surface area (Å²) in [7, 11) is 0. The van der Waals surface area contributed by atoms with Crippen LogP contribution in [0.25, 0.3) is 0 Å². The molecule has 1 fully saturated rings. The summed E-state index contributed by atoms with van der Waals surface area (Å²) in [5.41, 5.74) is 2.06. The van der Waals surface area contributed by atoms with E-state index >= 15 is 0 Å². The molecule has 5 heteroatoms. The fourth-order valence-electron chi connectivity index (χ4n) is 2.47. The molecule has 5 nitrogen and oxygen atoms in total. The molecule has 0 aliphatic heterocycles. The zero-order valence-electron chi connectivity index (χ0n) is 14.5. The summed E-state index contributed by atoms with van der Waals surface area (Å²) in [5, 5.41) is 2.95. The number of carbonyl (C=O) groups excluding carboxylic acids is 1. The van der Waals surface area contributed by atoms with Gasteiger partial charge >= 0.3 is 0 Å². The van der Waals surface area contributed by atoms with Crippen LogP contribution in [0.5, 0.6) is 5.75 Å². The van der Waals surface area contributed by atoms with Crippen LogP contribution in [0.1, 0.15) is 36.9 Å². The number of carbonyl (C=O) groups is 1. The van der Waals surface area contributed by atoms with Crippen LogP contribution in [0.2, 0.25) is 0 Å². The van der Waals surface area contributed by atoms with Gasteiger partial charge in [-0.1, -0.05) is 18.2 Å². The number of nitrogens with one attached hydrogen (secondary N) is 1. The second-order valence-electron chi connectivity index (χ2n) is 6.47. The molecule has 25 heavy (non-hydrogen) atoms. The van der Waals surface area contributed by atoms with Crippen LogP contribution >= 0.6 is 0 Å². The highest BCUT2D eigenvalue weighted by Gasteiger charge is 2.21. The summed E-state index contributed by atoms with van der Waals surface area (Å²) in [4.78, 5) is 16.0. The van der Waals surface area contributed by atoms with Crippen LogP contribution in [0.4, 0.5) is 0 Å². The Balaban J connectivity index is 1.43. The summed E-state index contributed by atoms with van der Waals surface area (Å²) >= 11 is 0. The van der Waals surface area contributed by atoms with E-state index in [9.17, 15) is 4.79 Å². The highest BCUT2D eigenvalue weighted by atomic mass is 16.5. The third kappa shape index (κ3) is 5.87. The fraction of sp³-hybridized carbons (Fsp3) is 0.400. The van der Waals surface area contributed by atoms with Gasteiger partial charge in [-0.05, 0) is 49.4 Å². The minimum atomic E-state index is -0.0787. The molecule has 1 N–H and O–H groups in total. The third-order valence-corrected chi connectivity index (χ3v) is 4.17. The number of benzene rings is 1. The average molecular weight is 340 g/mol. The Labute approximate surface area is 148 Å². The SMILES string of the molecule is C[C@@H](NC(=O)COCC1CC1)c1ccc(OCc2cccnc2)cc1. The van der Waals surface area contributed by atoms with Crippen LogP contribution in [0.15, 0.2) is 48.8 Å². The molecule has 1 aliphatic carbocycles. The summed E-state index contributed by atoms with van der Waals surface area (Å²) in [6.07, 6.45) is 5.99. The van der Waals surface area contributed by atoms with Gasteiger partial charge < -0.3 is 14.8 Å². The molecule has 1 aromatic heterocycles. The Hall–Kier alpha value is -2.40. The maximum atomic E-state index is 11.9. The first kappa shape index (κ1) is 17.4. The smallest absolute Gasteiger partial charge is 0.246 e. The van der Waals surface area contributed by atoms with Gasteiger partial charge in [0.05, 0.1) is 12.6 Å². The molecule has 1 aliphatic rings. The minimum absolute atomic E-state index is 0.0654. The van der Waals surface area contributed by atoms with Gasteiger partial charge in [0.15, 0.2) is 0 Å². The number of hydrogen-bond acceptors (Lipinski definition) is 4. The highest BCUT2D eigenvalue weighted by molar-refractivity contribution is 5.77. The lowest BCUT2D eigenvalue weighted by atomic mass is 10.1. The summed E-state index contributed by atoms with van der Waals surface area (Å²) < 4.78 is 11.2. The Morgan fingerprint density at radius 3 is 2.76 bits per heavy atom. The van der Waals surface area contributed by atoms with Gasteiger partial charge in [-0.25, -0.2) is 0 Å². The van der Waals surface area contributed by atoms with E-state index in [1.165, 1.54) is 12.8 Å². The van der Waals surface area contributed by atoms with Gasteiger partial charge in [-0.2, -0.15) is 0 Å². The van der Waals surface area contributed by atoms with Crippen LogP contribution in [-0.2, 0) is 16.1 Å². The van der Waals surface area contributed by atoms with Gasteiger partial charge in [0.25, 0.3) is 0 Å². The maximum absolute atomic E-state index is 11.9. The highest BCUT2D eigenvalue weighted by Crippen LogP contribution is 2.28. The van der Waals surface area contributed by atoms with Crippen LogP contribution < -0.4 is 10.1 Å². The second kappa shape index (κ2) is 8.62. The van der Waals surface area contributed by atoms with Crippen LogP contribution in [0, 0.1) is 5.92 Å². The van der Waals surface area contributed by atoms with Crippen LogP contribution in [-0.4, -0.2) is 24.1 Å². The molecule has 1 saturated carbocycles. The van der Waals surface area contributed by atoms with Crippen molar-refractivity contribution in [3.63, 3.8) is 0 Å². The monoisotopic (exact) mass is 340 g/mol. The molecule has 132 valence electrons. The number of rotatable bonds is 9. The summed E-state index contributed by atoms with van der Waals surface area (Å²) in [5.74, 6) is 1.38. The molecule has 0 bridgehead atoms. The largest absolute Gasteiger partial charge is 0.489 e. The van der Waals surface area contributed by atoms with E-state index in [-0.39, 0.29) is 18.6 Å². The van der Waals surface area contributed by atoms with Crippen molar-refractivity contribution in [3.8, 4) is 5.75 Å². The van der Waals surface area contributed by atoms with E-state index in [0.717, 1.165) is 16.9 Å². The summed E-state index contributed by atoms with van der Waals surface area (Å²) in [6.45, 7) is 3.28. The van der Waals surface area contributed by atoms with Crippen molar-refractivity contribution >= 4 is 5.91 Å². The third-order valence-electron chi connectivity index (χ3n) is 4.17. The molecule has 1 aromatic carbocycles. The molecule has 0 radical (unpaired) electrons. The van der Waals surface area contributed by atoms with Crippen molar-refractivity contribution in [2.24, 2.45) is 5.92 Å². The van der Waals surface area contributed by atoms with Gasteiger partial charge in [0.2, 0.25) is 5.91 Å². The number of pyridine rings is 1. The molecule has 2 aromatic rings. The molecule has 3 rings (SSSR count). The molecular weight excluding hydrogens is 316 g/mol. The van der Waals surface area contributed by atoms with Gasteiger partial charge in [0.1, 0.15) is 19.0 Å². The minimum Gasteiger partial charge on any atom is -0.489 e. The standard InChI is InChI=1S/C20H24N2O3/c1-15(22-20(23)14-24-12-16-4-5-16)18-6-8-19(9-7-18)25-13-17-3-2-10-21-11-17/h2-3,6-11,15-16H,4-5,12-14H2,1H3,(H,22,23)/t15-/m1/s1. The fourth-order valence-corrected chi connectivity index (χ4v) is 2.47. The van der Waals surface area contributed by atoms with Gasteiger partial charge in [-0.3, -0.25) is 9.78 Å². The van der Waals surface area contributed by atoms with Crippen LogP contribution in [0.3, 0.4) is 0 Å². The number of ether oxygens (including phenoxy) is 2. The van der Waals surface area contributed by atoms with E-state index in [4.69, 9.17) is 9.47 Å². The molecule has 0 saturated heterocycles. The molecule has 1 heterocycles. The van der Waals surface area contributed by atoms with Crippen molar-refractivity contribution in [3.05, 3.63) is 59.9 Å². The van der Waals surface area contributed by atoms with E-state index in [2.05, 4.69) is 10.3 Å². The first-order valence-corrected chi connectivity index (χ1v) is 8.69. The van der Waals surface area contributed by atoms with Crippen molar-refractivity contribution in [2.75, 3.05) is 13.2 Å². The Morgan fingerprint density at radius 2 is 2.08 bits per heavy atom. The number of hydrogen-bond donors (Lipinski definition) is 1. The second-order valence-corrected chi connectivity index (χ2v) is 6.47. The quantitative estimate of drug-likeness (QED) is 0.761. The van der Waals surface area contributed by atoms with Crippen molar-refractivity contribution in [1.29, 1.82) is 0 Å². The van der Waals surface area contributed by atoms with E-state index in [0.29, 0.717) is 19.1 Å². The van der Waals surface area contributed by atoms with Crippen molar-refractivity contribution in [2.45, 2.75) is 32.4 Å². The van der Waals surface area contributed by atoms with Gasteiger partial charge in [-0.15, -0.1) is 0 Å². The zero-order valence-corrected chi connectivity index (χ0v) is 14.5. The number of nitrogens with zero attached hydrogens (tertiary/aromatic N) is 1. The zero-order chi connectivity index (χ0) is 17.5. The van der Waals surface area contributed by atoms with E-state index in [1.54, 1.807) is 12.4 Å². The Kier molecular flexibility index (Phi) is 6.01. The molecule has 1 atom stereocenters. The Bertz CT molecular complexity index is 669. The normalized spacial score (nSPS) is 14.8. The average Bonchev–Trinajstić information content (AvgIpc) is 3.45. The topological polar surface area (TPSA) is 60.5 Å². The number of aromatic nitrogens is 1. The maximum Gasteiger partial charge on any atom is 0.246 e.